The van der Waals surface area contributed by atoms with E-state index in [0.29, 0.717) is 19.3 Å². The van der Waals surface area contributed by atoms with Gasteiger partial charge in [0.05, 0.1) is 26.4 Å². The Bertz CT molecular complexity index is 2570. The van der Waals surface area contributed by atoms with Crippen molar-refractivity contribution in [1.82, 2.24) is 0 Å². The quantitative estimate of drug-likeness (QED) is 0.0146. The van der Waals surface area contributed by atoms with Crippen molar-refractivity contribution < 1.29 is 75.8 Å². The predicted octanol–water partition coefficient (Wildman–Crippen LogP) is 22.2. The molecule has 0 aromatic carbocycles. The minimum atomic E-state index is -4.95. The number of phosphoric ester groups is 2. The molecule has 5 unspecified atom stereocenters. The molecule has 0 radical (unpaired) electrons. The Morgan fingerprint density at radius 1 is 0.277 bits per heavy atom. The summed E-state index contributed by atoms with van der Waals surface area (Å²) in [6.07, 6.45) is 95.1. The first-order chi connectivity index (χ1) is 49.2. The lowest BCUT2D eigenvalue weighted by Crippen LogP contribution is -2.30. The van der Waals surface area contributed by atoms with Crippen molar-refractivity contribution in [2.24, 2.45) is 0 Å². The second kappa shape index (κ2) is 74.4. The van der Waals surface area contributed by atoms with E-state index in [9.17, 15) is 43.5 Å². The normalized spacial score (nSPS) is 15.0. The lowest BCUT2D eigenvalue weighted by atomic mass is 10.1. The van der Waals surface area contributed by atoms with Crippen LogP contribution in [0.2, 0.25) is 0 Å². The predicted molar refractivity (Wildman–Crippen MR) is 417 cm³/mol. The Kier molecular flexibility index (Phi) is 70.4. The number of aliphatic hydroxyl groups is 2. The van der Waals surface area contributed by atoms with Gasteiger partial charge in [-0.15, -0.1) is 0 Å². The van der Waals surface area contributed by atoms with Crippen LogP contribution in [0.15, 0.2) is 182 Å². The van der Waals surface area contributed by atoms with Gasteiger partial charge < -0.3 is 34.2 Å². The first-order valence-corrected chi connectivity index (χ1v) is 41.1. The fourth-order valence-electron chi connectivity index (χ4n) is 9.41. The molecule has 0 spiro atoms. The van der Waals surface area contributed by atoms with Crippen LogP contribution < -0.4 is 0 Å². The van der Waals surface area contributed by atoms with E-state index in [-0.39, 0.29) is 19.3 Å². The lowest BCUT2D eigenvalue weighted by molar-refractivity contribution is -0.161. The molecule has 0 saturated heterocycles. The van der Waals surface area contributed by atoms with Crippen LogP contribution >= 0.6 is 15.6 Å². The molecule has 0 amide bonds. The zero-order chi connectivity index (χ0) is 73.7. The first kappa shape index (κ1) is 95.6. The minimum absolute atomic E-state index is 0.0762. The van der Waals surface area contributed by atoms with Gasteiger partial charge in [0, 0.05) is 19.3 Å². The Morgan fingerprint density at radius 3 is 0.802 bits per heavy atom. The summed E-state index contributed by atoms with van der Waals surface area (Å²) < 4.78 is 61.1. The third kappa shape index (κ3) is 75.6. The van der Waals surface area contributed by atoms with E-state index in [1.54, 1.807) is 0 Å². The third-order valence-electron chi connectivity index (χ3n) is 15.1. The molecule has 18 heteroatoms. The van der Waals surface area contributed by atoms with Gasteiger partial charge in [0.1, 0.15) is 25.4 Å². The van der Waals surface area contributed by atoms with E-state index in [0.717, 1.165) is 186 Å². The molecule has 0 aliphatic heterocycles. The number of phosphoric acid groups is 2. The number of carbonyl (C=O) groups excluding carboxylic acids is 3. The molecule has 0 bridgehead atoms. The van der Waals surface area contributed by atoms with Crippen molar-refractivity contribution in [1.29, 1.82) is 0 Å². The molecule has 0 aromatic rings. The summed E-state index contributed by atoms with van der Waals surface area (Å²) in [5.74, 6) is -1.66. The van der Waals surface area contributed by atoms with Crippen molar-refractivity contribution in [3.63, 3.8) is 0 Å². The number of rotatable bonds is 70. The minimum Gasteiger partial charge on any atom is -0.463 e. The van der Waals surface area contributed by atoms with Crippen LogP contribution in [0.25, 0.3) is 0 Å². The van der Waals surface area contributed by atoms with Gasteiger partial charge in [-0.1, -0.05) is 274 Å². The van der Waals surface area contributed by atoms with Gasteiger partial charge in [-0.2, -0.15) is 0 Å². The highest BCUT2D eigenvalue weighted by Crippen LogP contribution is 2.45. The summed E-state index contributed by atoms with van der Waals surface area (Å²) in [7, 11) is -9.82. The second-order valence-electron chi connectivity index (χ2n) is 24.7. The fraction of sp³-hybridized carbons (Fsp3) is 0.602. The molecule has 0 aliphatic rings. The van der Waals surface area contributed by atoms with Crippen molar-refractivity contribution in [3.8, 4) is 0 Å². The summed E-state index contributed by atoms with van der Waals surface area (Å²) in [6.45, 7) is 2.24. The number of allylic oxidation sites excluding steroid dienone is 30. The highest BCUT2D eigenvalue weighted by atomic mass is 31.2. The Balaban J connectivity index is 4.68. The Morgan fingerprint density at radius 2 is 0.495 bits per heavy atom. The largest absolute Gasteiger partial charge is 0.472 e. The molecule has 0 rings (SSSR count). The van der Waals surface area contributed by atoms with Gasteiger partial charge >= 0.3 is 33.6 Å². The third-order valence-corrected chi connectivity index (χ3v) is 17.0. The lowest BCUT2D eigenvalue weighted by Gasteiger charge is -2.21. The topological polar surface area (TPSA) is 231 Å². The van der Waals surface area contributed by atoms with Crippen molar-refractivity contribution in [2.75, 3.05) is 39.6 Å². The number of ether oxygens (including phenoxy) is 3. The summed E-state index contributed by atoms with van der Waals surface area (Å²) in [5, 5.41) is 20.6. The summed E-state index contributed by atoms with van der Waals surface area (Å²) in [5.41, 5.74) is 0. The Labute approximate surface area is 611 Å². The van der Waals surface area contributed by atoms with Gasteiger partial charge in [-0.25, -0.2) is 9.13 Å². The number of hydrogen-bond acceptors (Lipinski definition) is 14. The molecule has 572 valence electrons. The van der Waals surface area contributed by atoms with Crippen molar-refractivity contribution >= 4 is 33.6 Å². The van der Waals surface area contributed by atoms with Crippen LogP contribution in [-0.4, -0.2) is 95.9 Å². The number of aliphatic hydroxyl groups excluding tert-OH is 2. The molecule has 5 atom stereocenters. The SMILES string of the molecule is CC/C=C\C/C=C\C/C=C\C/C=C\C/C=C\C/C=C\CCCCCCCCCCC(=O)OCC(O)COP(=O)(O)OCC(O)COP(=O)(O)OCC(COC(=O)CCCC/C=C\C/C=C\C/C=C\C/C=C\C/C=C\C/C=C\CC)OC(=O)CCCCCCCCC/C=C\C/C=C\C/C=C\CC. The highest BCUT2D eigenvalue weighted by molar-refractivity contribution is 7.47. The molecule has 16 nitrogen and oxygen atoms in total. The summed E-state index contributed by atoms with van der Waals surface area (Å²) in [4.78, 5) is 58.6. The number of hydrogen-bond donors (Lipinski definition) is 4. The molecular weight excluding hydrogens is 1310 g/mol. The average Bonchev–Trinajstić information content (AvgIpc) is 0.974. The molecule has 0 aromatic heterocycles. The van der Waals surface area contributed by atoms with Crippen molar-refractivity contribution in [3.05, 3.63) is 182 Å². The van der Waals surface area contributed by atoms with Crippen LogP contribution in [0.4, 0.5) is 0 Å². The van der Waals surface area contributed by atoms with Crippen molar-refractivity contribution in [2.45, 2.75) is 283 Å². The fourth-order valence-corrected chi connectivity index (χ4v) is 11.0. The van der Waals surface area contributed by atoms with Crippen LogP contribution in [0.5, 0.6) is 0 Å². The number of unbranched alkanes of at least 4 members (excludes halogenated alkanes) is 17. The van der Waals surface area contributed by atoms with Crippen LogP contribution in [0.3, 0.4) is 0 Å². The monoisotopic (exact) mass is 1450 g/mol. The van der Waals surface area contributed by atoms with E-state index < -0.39 is 91.5 Å². The molecule has 0 aliphatic carbocycles. The molecule has 0 fully saturated rings. The molecule has 101 heavy (non-hydrogen) atoms. The van der Waals surface area contributed by atoms with E-state index in [2.05, 4.69) is 203 Å². The van der Waals surface area contributed by atoms with Crippen LogP contribution in [0.1, 0.15) is 265 Å². The average molecular weight is 1450 g/mol. The number of carbonyl (C=O) groups is 3. The molecule has 0 saturated carbocycles. The zero-order valence-corrected chi connectivity index (χ0v) is 64.0. The maximum atomic E-state index is 13.0. The maximum absolute atomic E-state index is 13.0. The van der Waals surface area contributed by atoms with Gasteiger partial charge in [0.2, 0.25) is 0 Å². The number of esters is 3. The van der Waals surface area contributed by atoms with Gasteiger partial charge in [-0.3, -0.25) is 32.5 Å². The standard InChI is InChI=1S/C83H134O16P2/c1-4-7-10-13-16-19-22-25-28-31-33-35-36-37-38-39-40-42-44-46-48-51-54-57-60-63-66-69-81(86)93-72-78(84)73-95-100(89,90)96-74-79(85)75-97-101(91,92)98-77-80(99-83(88)71-68-65-62-59-56-53-50-45-30-27-24-21-18-15-12-9-6-3)76-94-82(87)70-67-64-61-58-55-52-49-47-43-41-34-32-29-26-23-20-17-14-11-8-5-2/h7-12,16-21,25-30,33-35,37-38,40-42,47,49,55,58,78-80,84-85H,4-6,13-15,22-24,31-32,36,39,43-46,48,50-54,56-57,59-77H2,1-3H3,(H,89,90)(H,91,92)/b10-7-,11-8-,12-9-,19-16-,20-17-,21-18-,28-25-,29-26-,30-27-,35-33-,38-37-,41-34-,42-40-,49-47-,58-55-. The van der Waals surface area contributed by atoms with E-state index >= 15 is 0 Å². The Hall–Kier alpha value is -5.35. The van der Waals surface area contributed by atoms with E-state index in [1.807, 2.05) is 0 Å². The molecular formula is C83H134O16P2. The second-order valence-corrected chi connectivity index (χ2v) is 27.6. The van der Waals surface area contributed by atoms with E-state index in [4.69, 9.17) is 32.3 Å². The van der Waals surface area contributed by atoms with E-state index in [1.165, 1.54) is 19.3 Å². The smallest absolute Gasteiger partial charge is 0.463 e. The zero-order valence-electron chi connectivity index (χ0n) is 62.2. The summed E-state index contributed by atoms with van der Waals surface area (Å²) >= 11 is 0. The molecule has 4 N–H and O–H groups in total. The maximum Gasteiger partial charge on any atom is 0.472 e. The highest BCUT2D eigenvalue weighted by Gasteiger charge is 2.29. The van der Waals surface area contributed by atoms with Crippen LogP contribution in [0, 0.1) is 0 Å². The van der Waals surface area contributed by atoms with Gasteiger partial charge in [0.15, 0.2) is 6.10 Å². The van der Waals surface area contributed by atoms with Crippen LogP contribution in [-0.2, 0) is 55.8 Å². The van der Waals surface area contributed by atoms with Gasteiger partial charge in [-0.05, 0) is 154 Å². The van der Waals surface area contributed by atoms with Gasteiger partial charge in [0.25, 0.3) is 0 Å². The molecule has 0 heterocycles. The first-order valence-electron chi connectivity index (χ1n) is 38.1. The summed E-state index contributed by atoms with van der Waals surface area (Å²) in [6, 6.07) is 0.